The van der Waals surface area contributed by atoms with Crippen molar-refractivity contribution in [3.63, 3.8) is 0 Å². The Balaban J connectivity index is 1.54. The van der Waals surface area contributed by atoms with E-state index in [2.05, 4.69) is 20.3 Å². The highest BCUT2D eigenvalue weighted by molar-refractivity contribution is 6.31. The summed E-state index contributed by atoms with van der Waals surface area (Å²) in [5.74, 6) is -1.11. The molecule has 198 valence electrons. The van der Waals surface area contributed by atoms with Crippen LogP contribution in [0.5, 0.6) is 5.75 Å². The number of ether oxygens (including phenoxy) is 1. The molecular weight excluding hydrogens is 516 g/mol. The smallest absolute Gasteiger partial charge is 0.277 e. The molecule has 0 spiro atoms. The van der Waals surface area contributed by atoms with E-state index in [4.69, 9.17) is 16.3 Å². The van der Waals surface area contributed by atoms with E-state index in [1.807, 2.05) is 13.0 Å². The van der Waals surface area contributed by atoms with Gasteiger partial charge < -0.3 is 15.2 Å². The van der Waals surface area contributed by atoms with Gasteiger partial charge in [0.25, 0.3) is 5.56 Å². The van der Waals surface area contributed by atoms with Crippen LogP contribution in [0.1, 0.15) is 62.4 Å². The Morgan fingerprint density at radius 2 is 2.03 bits per heavy atom. The summed E-state index contributed by atoms with van der Waals surface area (Å²) in [6.45, 7) is 5.29. The molecule has 5 rings (SSSR count). The van der Waals surface area contributed by atoms with Crippen LogP contribution < -0.4 is 15.6 Å². The number of halogens is 3. The van der Waals surface area contributed by atoms with Gasteiger partial charge in [-0.25, -0.2) is 18.7 Å². The van der Waals surface area contributed by atoms with Crippen LogP contribution in [0.3, 0.4) is 0 Å². The molecule has 0 aromatic carbocycles. The average Bonchev–Trinajstić information content (AvgIpc) is 3.71. The van der Waals surface area contributed by atoms with Gasteiger partial charge in [0.05, 0.1) is 23.3 Å². The van der Waals surface area contributed by atoms with Crippen molar-refractivity contribution in [2.24, 2.45) is 0 Å². The Morgan fingerprint density at radius 3 is 2.71 bits per heavy atom. The number of nitrogens with zero attached hydrogens (tertiary/aromatic N) is 4. The third kappa shape index (κ3) is 5.19. The molecule has 38 heavy (non-hydrogen) atoms. The fourth-order valence-corrected chi connectivity index (χ4v) is 4.36. The number of aliphatic hydroxyl groups is 1. The maximum atomic E-state index is 14.0. The van der Waals surface area contributed by atoms with E-state index in [1.54, 1.807) is 36.7 Å². The highest BCUT2D eigenvalue weighted by Crippen LogP contribution is 2.43. The SMILES string of the molecule is CC1=C(n2c(C3CC3)cc(OCc3ncc(F)cc3F)c(Cl)c2=O)C=C(c2ccnc(C(C)(C)O)n2)NC1. The molecule has 2 N–H and O–H groups in total. The van der Waals surface area contributed by atoms with Gasteiger partial charge in [0.2, 0.25) is 0 Å². The summed E-state index contributed by atoms with van der Waals surface area (Å²) in [4.78, 5) is 26.0. The van der Waals surface area contributed by atoms with Gasteiger partial charge >= 0.3 is 0 Å². The van der Waals surface area contributed by atoms with Crippen molar-refractivity contribution < 1.29 is 18.6 Å². The van der Waals surface area contributed by atoms with Crippen LogP contribution in [-0.4, -0.2) is 31.2 Å². The second kappa shape index (κ2) is 9.92. The summed E-state index contributed by atoms with van der Waals surface area (Å²) in [7, 11) is 0. The number of aromatic nitrogens is 4. The molecular formula is C27H26ClF2N5O3. The van der Waals surface area contributed by atoms with Gasteiger partial charge in [-0.2, -0.15) is 0 Å². The van der Waals surface area contributed by atoms with Crippen LogP contribution in [-0.2, 0) is 12.2 Å². The fourth-order valence-electron chi connectivity index (χ4n) is 4.16. The molecule has 1 aliphatic heterocycles. The minimum Gasteiger partial charge on any atom is -0.485 e. The average molecular weight is 542 g/mol. The lowest BCUT2D eigenvalue weighted by Gasteiger charge is -2.24. The van der Waals surface area contributed by atoms with E-state index in [9.17, 15) is 18.7 Å². The summed E-state index contributed by atoms with van der Waals surface area (Å²) in [5.41, 5.74) is 1.76. The molecule has 3 aromatic rings. The zero-order chi connectivity index (χ0) is 27.2. The summed E-state index contributed by atoms with van der Waals surface area (Å²) in [6, 6.07) is 4.15. The molecule has 0 saturated heterocycles. The molecule has 1 saturated carbocycles. The molecule has 2 aliphatic rings. The maximum Gasteiger partial charge on any atom is 0.277 e. The minimum atomic E-state index is -1.22. The van der Waals surface area contributed by atoms with Crippen molar-refractivity contribution in [2.45, 2.75) is 51.7 Å². The van der Waals surface area contributed by atoms with Crippen LogP contribution in [0, 0.1) is 11.6 Å². The van der Waals surface area contributed by atoms with E-state index in [0.29, 0.717) is 23.6 Å². The predicted molar refractivity (Wildman–Crippen MR) is 138 cm³/mol. The van der Waals surface area contributed by atoms with Crippen molar-refractivity contribution in [2.75, 3.05) is 6.54 Å². The highest BCUT2D eigenvalue weighted by Gasteiger charge is 2.31. The Morgan fingerprint density at radius 1 is 1.26 bits per heavy atom. The third-order valence-electron chi connectivity index (χ3n) is 6.37. The summed E-state index contributed by atoms with van der Waals surface area (Å²) < 4.78 is 34.5. The number of hydrogen-bond donors (Lipinski definition) is 2. The fraction of sp³-hybridized carbons (Fsp3) is 0.333. The van der Waals surface area contributed by atoms with Crippen LogP contribution in [0.4, 0.5) is 8.78 Å². The van der Waals surface area contributed by atoms with Gasteiger partial charge in [0.15, 0.2) is 11.6 Å². The van der Waals surface area contributed by atoms with Gasteiger partial charge in [-0.3, -0.25) is 14.3 Å². The zero-order valence-electron chi connectivity index (χ0n) is 21.1. The lowest BCUT2D eigenvalue weighted by Crippen LogP contribution is -2.29. The van der Waals surface area contributed by atoms with Crippen LogP contribution >= 0.6 is 11.6 Å². The largest absolute Gasteiger partial charge is 0.485 e. The molecule has 1 aliphatic carbocycles. The van der Waals surface area contributed by atoms with E-state index in [0.717, 1.165) is 36.4 Å². The molecule has 11 heteroatoms. The maximum absolute atomic E-state index is 14.0. The molecule has 0 bridgehead atoms. The summed E-state index contributed by atoms with van der Waals surface area (Å²) in [5, 5.41) is 13.5. The lowest BCUT2D eigenvalue weighted by molar-refractivity contribution is 0.0686. The van der Waals surface area contributed by atoms with E-state index in [1.165, 1.54) is 0 Å². The summed E-state index contributed by atoms with van der Waals surface area (Å²) >= 11 is 6.48. The molecule has 8 nitrogen and oxygen atoms in total. The predicted octanol–water partition coefficient (Wildman–Crippen LogP) is 4.52. The van der Waals surface area contributed by atoms with E-state index < -0.39 is 22.8 Å². The van der Waals surface area contributed by atoms with E-state index >= 15 is 0 Å². The molecule has 4 heterocycles. The van der Waals surface area contributed by atoms with Gasteiger partial charge in [-0.1, -0.05) is 11.6 Å². The topological polar surface area (TPSA) is 102 Å². The Hall–Kier alpha value is -3.63. The second-order valence-corrected chi connectivity index (χ2v) is 10.3. The first-order valence-corrected chi connectivity index (χ1v) is 12.5. The van der Waals surface area contributed by atoms with Crippen molar-refractivity contribution >= 4 is 23.0 Å². The second-order valence-electron chi connectivity index (χ2n) is 9.93. The van der Waals surface area contributed by atoms with Crippen LogP contribution in [0.15, 0.2) is 47.0 Å². The zero-order valence-corrected chi connectivity index (χ0v) is 21.8. The summed E-state index contributed by atoms with van der Waals surface area (Å²) in [6.07, 6.45) is 6.10. The van der Waals surface area contributed by atoms with Gasteiger partial charge in [0.1, 0.15) is 34.5 Å². The normalized spacial score (nSPS) is 15.8. The van der Waals surface area contributed by atoms with Crippen molar-refractivity contribution in [1.82, 2.24) is 24.8 Å². The number of rotatable bonds is 7. The standard InChI is InChI=1S/C27H26ClF2N5O3/c1-14-11-32-19(18-6-7-31-26(34-18)27(2,3)37)9-21(14)35-22(15-4-5-15)10-23(24(28)25(35)36)38-13-20-17(30)8-16(29)12-33-20/h6-10,12,15,32,37H,4-5,11,13H2,1-3H3. The number of allylic oxidation sites excluding steroid dienone is 2. The monoisotopic (exact) mass is 541 g/mol. The first-order valence-electron chi connectivity index (χ1n) is 12.1. The van der Waals surface area contributed by atoms with E-state index in [-0.39, 0.29) is 34.8 Å². The number of pyridine rings is 2. The number of dihydropyridines is 1. The molecule has 1 fully saturated rings. The minimum absolute atomic E-state index is 0.0978. The number of hydrogen-bond acceptors (Lipinski definition) is 7. The van der Waals surface area contributed by atoms with Crippen molar-refractivity contribution in [1.29, 1.82) is 0 Å². The van der Waals surface area contributed by atoms with Gasteiger partial charge in [0, 0.05) is 30.6 Å². The van der Waals surface area contributed by atoms with Gasteiger partial charge in [-0.05, 0) is 57.2 Å². The molecule has 0 radical (unpaired) electrons. The first-order chi connectivity index (χ1) is 18.0. The Bertz CT molecular complexity index is 1540. The molecule has 0 atom stereocenters. The molecule has 0 amide bonds. The van der Waals surface area contributed by atoms with Crippen LogP contribution in [0.2, 0.25) is 5.02 Å². The van der Waals surface area contributed by atoms with Crippen molar-refractivity contribution in [3.05, 3.63) is 92.2 Å². The number of nitrogens with one attached hydrogen (secondary N) is 1. The third-order valence-corrected chi connectivity index (χ3v) is 6.72. The lowest BCUT2D eigenvalue weighted by atomic mass is 10.1. The highest BCUT2D eigenvalue weighted by atomic mass is 35.5. The molecule has 0 unspecified atom stereocenters. The Labute approximate surface area is 222 Å². The quantitative estimate of drug-likeness (QED) is 0.453. The molecule has 3 aromatic heterocycles. The first kappa shape index (κ1) is 26.0. The van der Waals surface area contributed by atoms with Gasteiger partial charge in [-0.15, -0.1) is 0 Å². The van der Waals surface area contributed by atoms with Crippen LogP contribution in [0.25, 0.3) is 11.4 Å². The Kier molecular flexibility index (Phi) is 6.79. The van der Waals surface area contributed by atoms with Crippen molar-refractivity contribution in [3.8, 4) is 5.75 Å².